The Balaban J connectivity index is 2.02. The quantitative estimate of drug-likeness (QED) is 0.826. The number of alkyl halides is 3. The van der Waals surface area contributed by atoms with Gasteiger partial charge in [0.1, 0.15) is 11.4 Å². The smallest absolute Gasteiger partial charge is 0.491 e. The highest BCUT2D eigenvalue weighted by Crippen LogP contribution is 2.40. The van der Waals surface area contributed by atoms with E-state index in [9.17, 15) is 17.6 Å². The maximum atomic E-state index is 14.0. The second kappa shape index (κ2) is 5.78. The van der Waals surface area contributed by atoms with Crippen LogP contribution >= 0.6 is 11.6 Å². The zero-order valence-corrected chi connectivity index (χ0v) is 12.8. The molecule has 1 aliphatic rings. The van der Waals surface area contributed by atoms with E-state index in [1.165, 1.54) is 18.3 Å². The summed E-state index contributed by atoms with van der Waals surface area (Å²) in [6.45, 7) is 0.230. The lowest BCUT2D eigenvalue weighted by atomic mass is 9.82. The van der Waals surface area contributed by atoms with E-state index in [0.717, 1.165) is 12.1 Å². The van der Waals surface area contributed by atoms with E-state index >= 15 is 0 Å². The van der Waals surface area contributed by atoms with Gasteiger partial charge < -0.3 is 15.2 Å². The van der Waals surface area contributed by atoms with Crippen LogP contribution < -0.4 is 15.2 Å². The minimum absolute atomic E-state index is 0.230. The zero-order valence-electron chi connectivity index (χ0n) is 12.0. The fraction of sp³-hybridized carbons (Fsp3) is 0.267. The molecule has 0 saturated heterocycles. The van der Waals surface area contributed by atoms with Crippen molar-refractivity contribution < 1.29 is 27.0 Å². The monoisotopic (exact) mass is 362 g/mol. The van der Waals surface area contributed by atoms with E-state index in [1.54, 1.807) is 0 Å². The van der Waals surface area contributed by atoms with Crippen molar-refractivity contribution in [3.8, 4) is 11.5 Å². The maximum absolute atomic E-state index is 14.0. The molecule has 1 atom stereocenters. The maximum Gasteiger partial charge on any atom is 0.573 e. The van der Waals surface area contributed by atoms with Crippen molar-refractivity contribution in [1.82, 2.24) is 4.98 Å². The van der Waals surface area contributed by atoms with Crippen molar-refractivity contribution >= 4 is 11.6 Å². The molecular weight excluding hydrogens is 352 g/mol. The molecule has 0 aliphatic carbocycles. The van der Waals surface area contributed by atoms with Gasteiger partial charge in [0.15, 0.2) is 11.6 Å². The van der Waals surface area contributed by atoms with Crippen molar-refractivity contribution in [2.24, 2.45) is 5.73 Å². The molecule has 24 heavy (non-hydrogen) atoms. The third-order valence-corrected chi connectivity index (χ3v) is 3.88. The number of nitrogens with zero attached hydrogens (tertiary/aromatic N) is 1. The van der Waals surface area contributed by atoms with Crippen LogP contribution in [-0.4, -0.2) is 18.0 Å². The van der Waals surface area contributed by atoms with Gasteiger partial charge >= 0.3 is 6.36 Å². The summed E-state index contributed by atoms with van der Waals surface area (Å²) in [7, 11) is 0. The number of halogens is 5. The van der Waals surface area contributed by atoms with Gasteiger partial charge in [-0.2, -0.15) is 0 Å². The predicted octanol–water partition coefficient (Wildman–Crippen LogP) is 3.76. The molecule has 2 N–H and O–H groups in total. The lowest BCUT2D eigenvalue weighted by molar-refractivity contribution is -0.275. The Hall–Kier alpha value is -2.06. The summed E-state index contributed by atoms with van der Waals surface area (Å²) in [4.78, 5) is 4.14. The first kappa shape index (κ1) is 16.8. The second-order valence-electron chi connectivity index (χ2n) is 5.26. The normalized spacial score (nSPS) is 20.2. The van der Waals surface area contributed by atoms with Crippen molar-refractivity contribution in [3.63, 3.8) is 0 Å². The third-order valence-electron chi connectivity index (χ3n) is 3.67. The molecule has 128 valence electrons. The van der Waals surface area contributed by atoms with Gasteiger partial charge in [-0.1, -0.05) is 17.7 Å². The average molecular weight is 363 g/mol. The van der Waals surface area contributed by atoms with Gasteiger partial charge in [0.2, 0.25) is 0 Å². The summed E-state index contributed by atoms with van der Waals surface area (Å²) in [5.74, 6) is -1.74. The minimum atomic E-state index is -4.98. The molecule has 0 bridgehead atoms. The van der Waals surface area contributed by atoms with Crippen LogP contribution in [0, 0.1) is 5.82 Å². The van der Waals surface area contributed by atoms with Crippen LogP contribution in [0.25, 0.3) is 0 Å². The molecule has 2 aromatic rings. The molecule has 1 aromatic carbocycles. The second-order valence-corrected chi connectivity index (χ2v) is 5.70. The highest BCUT2D eigenvalue weighted by atomic mass is 35.5. The molecule has 1 aliphatic heterocycles. The predicted molar refractivity (Wildman–Crippen MR) is 77.4 cm³/mol. The number of hydrogen-bond acceptors (Lipinski definition) is 4. The summed E-state index contributed by atoms with van der Waals surface area (Å²) < 4.78 is 59.8. The van der Waals surface area contributed by atoms with Crippen LogP contribution in [0.4, 0.5) is 17.6 Å². The van der Waals surface area contributed by atoms with Crippen molar-refractivity contribution in [1.29, 1.82) is 0 Å². The number of pyridine rings is 1. The van der Waals surface area contributed by atoms with E-state index in [-0.39, 0.29) is 18.6 Å². The number of fused-ring (bicyclic) bond motifs is 1. The Kier molecular flexibility index (Phi) is 4.05. The van der Waals surface area contributed by atoms with Crippen LogP contribution in [0.3, 0.4) is 0 Å². The van der Waals surface area contributed by atoms with Gasteiger partial charge in [0.25, 0.3) is 0 Å². The SMILES string of the molecule is NC1(c2ccc(OC(F)(F)F)c(F)c2)CCOc2cc(Cl)cnc21. The first-order valence-corrected chi connectivity index (χ1v) is 7.20. The molecular formula is C15H11ClF4N2O2. The molecule has 0 spiro atoms. The standard InChI is InChI=1S/C15H11ClF4N2O2/c16-9-6-12-13(22-7-9)14(21,3-4-23-12)8-1-2-11(10(17)5-8)24-15(18,19)20/h1-2,5-7H,3-4,21H2. The van der Waals surface area contributed by atoms with Crippen LogP contribution in [0.15, 0.2) is 30.5 Å². The summed E-state index contributed by atoms with van der Waals surface area (Å²) in [6.07, 6.45) is -3.34. The molecule has 0 saturated carbocycles. The fourth-order valence-electron chi connectivity index (χ4n) is 2.57. The zero-order chi connectivity index (χ0) is 17.5. The van der Waals surface area contributed by atoms with Crippen molar-refractivity contribution in [2.45, 2.75) is 18.3 Å². The first-order chi connectivity index (χ1) is 11.2. The highest BCUT2D eigenvalue weighted by molar-refractivity contribution is 6.30. The number of nitrogens with two attached hydrogens (primary N) is 1. The molecule has 9 heteroatoms. The summed E-state index contributed by atoms with van der Waals surface area (Å²) in [5, 5.41) is 0.345. The number of rotatable bonds is 2. The Morgan fingerprint density at radius 3 is 2.71 bits per heavy atom. The largest absolute Gasteiger partial charge is 0.573 e. The van der Waals surface area contributed by atoms with Gasteiger partial charge in [0.05, 0.1) is 17.2 Å². The van der Waals surface area contributed by atoms with E-state index in [4.69, 9.17) is 22.1 Å². The van der Waals surface area contributed by atoms with E-state index in [1.807, 2.05) is 0 Å². The van der Waals surface area contributed by atoms with Gasteiger partial charge in [-0.25, -0.2) is 4.39 Å². The molecule has 1 aromatic heterocycles. The Labute approximate surface area is 139 Å². The summed E-state index contributed by atoms with van der Waals surface area (Å²) in [6, 6.07) is 4.60. The number of aromatic nitrogens is 1. The number of ether oxygens (including phenoxy) is 2. The van der Waals surface area contributed by atoms with Gasteiger partial charge in [0, 0.05) is 18.7 Å². The first-order valence-electron chi connectivity index (χ1n) is 6.82. The van der Waals surface area contributed by atoms with Gasteiger partial charge in [-0.3, -0.25) is 4.98 Å². The van der Waals surface area contributed by atoms with Gasteiger partial charge in [-0.05, 0) is 17.7 Å². The molecule has 4 nitrogen and oxygen atoms in total. The Morgan fingerprint density at radius 1 is 1.29 bits per heavy atom. The van der Waals surface area contributed by atoms with E-state index < -0.39 is 23.5 Å². The molecule has 3 rings (SSSR count). The van der Waals surface area contributed by atoms with Crippen LogP contribution in [-0.2, 0) is 5.54 Å². The van der Waals surface area contributed by atoms with Crippen LogP contribution in [0.1, 0.15) is 17.7 Å². The molecule has 0 amide bonds. The third kappa shape index (κ3) is 3.11. The lowest BCUT2D eigenvalue weighted by Gasteiger charge is -2.35. The number of benzene rings is 1. The summed E-state index contributed by atoms with van der Waals surface area (Å²) in [5.41, 5.74) is 5.75. The van der Waals surface area contributed by atoms with E-state index in [0.29, 0.717) is 16.5 Å². The van der Waals surface area contributed by atoms with Crippen molar-refractivity contribution in [2.75, 3.05) is 6.61 Å². The Morgan fingerprint density at radius 2 is 2.04 bits per heavy atom. The topological polar surface area (TPSA) is 57.4 Å². The minimum Gasteiger partial charge on any atom is -0.491 e. The van der Waals surface area contributed by atoms with Gasteiger partial charge in [-0.15, -0.1) is 13.2 Å². The van der Waals surface area contributed by atoms with Crippen LogP contribution in [0.2, 0.25) is 5.02 Å². The fourth-order valence-corrected chi connectivity index (χ4v) is 2.72. The molecule has 1 unspecified atom stereocenters. The summed E-state index contributed by atoms with van der Waals surface area (Å²) >= 11 is 5.86. The van der Waals surface area contributed by atoms with E-state index in [2.05, 4.69) is 9.72 Å². The number of hydrogen-bond donors (Lipinski definition) is 1. The molecule has 0 radical (unpaired) electrons. The average Bonchev–Trinajstić information content (AvgIpc) is 2.48. The van der Waals surface area contributed by atoms with Crippen LogP contribution in [0.5, 0.6) is 11.5 Å². The Bertz CT molecular complexity index is 785. The van der Waals surface area contributed by atoms with Crippen molar-refractivity contribution in [3.05, 3.63) is 52.6 Å². The lowest BCUT2D eigenvalue weighted by Crippen LogP contribution is -2.43. The molecule has 0 fully saturated rings. The highest BCUT2D eigenvalue weighted by Gasteiger charge is 2.39. The molecule has 2 heterocycles.